The van der Waals surface area contributed by atoms with E-state index in [9.17, 15) is 9.90 Å². The van der Waals surface area contributed by atoms with Crippen molar-refractivity contribution < 1.29 is 14.4 Å². The summed E-state index contributed by atoms with van der Waals surface area (Å²) in [6.07, 6.45) is 0.0256. The molecule has 0 saturated carbocycles. The van der Waals surface area contributed by atoms with Crippen molar-refractivity contribution in [1.82, 2.24) is 0 Å². The van der Waals surface area contributed by atoms with Crippen LogP contribution in [0.4, 0.5) is 0 Å². The molecular weight excluding hydrogens is 180 g/mol. The van der Waals surface area contributed by atoms with Crippen LogP contribution in [-0.4, -0.2) is 36.1 Å². The van der Waals surface area contributed by atoms with Crippen LogP contribution < -0.4 is 5.11 Å². The SMILES string of the molecule is CC[N+](CC)(CC)C(CC#N)C(=O)[O-]. The Morgan fingerprint density at radius 3 is 2.00 bits per heavy atom. The van der Waals surface area contributed by atoms with E-state index in [4.69, 9.17) is 5.26 Å². The van der Waals surface area contributed by atoms with Gasteiger partial charge in [0.25, 0.3) is 0 Å². The third kappa shape index (κ3) is 2.46. The minimum absolute atomic E-state index is 0.0256. The summed E-state index contributed by atoms with van der Waals surface area (Å²) in [4.78, 5) is 10.9. The van der Waals surface area contributed by atoms with Crippen LogP contribution in [-0.2, 0) is 4.79 Å². The highest BCUT2D eigenvalue weighted by atomic mass is 16.4. The molecule has 0 spiro atoms. The van der Waals surface area contributed by atoms with Gasteiger partial charge < -0.3 is 14.4 Å². The summed E-state index contributed by atoms with van der Waals surface area (Å²) in [5.74, 6) is -1.11. The van der Waals surface area contributed by atoms with Gasteiger partial charge in [-0.1, -0.05) is 0 Å². The quantitative estimate of drug-likeness (QED) is 0.560. The number of carbonyl (C=O) groups excluding carboxylic acids is 1. The molecular formula is C10H18N2O2. The Bertz CT molecular complexity index is 221. The summed E-state index contributed by atoms with van der Waals surface area (Å²) in [5.41, 5.74) is 0. The van der Waals surface area contributed by atoms with E-state index in [1.807, 2.05) is 26.8 Å². The van der Waals surface area contributed by atoms with Crippen molar-refractivity contribution in [2.45, 2.75) is 33.2 Å². The van der Waals surface area contributed by atoms with Gasteiger partial charge in [0, 0.05) is 0 Å². The van der Waals surface area contributed by atoms with Crippen LogP contribution in [0.5, 0.6) is 0 Å². The molecule has 1 atom stereocenters. The minimum atomic E-state index is -1.11. The van der Waals surface area contributed by atoms with Gasteiger partial charge in [-0.15, -0.1) is 0 Å². The lowest BCUT2D eigenvalue weighted by atomic mass is 10.1. The van der Waals surface area contributed by atoms with Crippen LogP contribution >= 0.6 is 0 Å². The average Bonchev–Trinajstić information content (AvgIpc) is 2.19. The highest BCUT2D eigenvalue weighted by Crippen LogP contribution is 2.15. The second kappa shape index (κ2) is 5.61. The normalized spacial score (nSPS) is 13.3. The van der Waals surface area contributed by atoms with E-state index >= 15 is 0 Å². The van der Waals surface area contributed by atoms with Crippen molar-refractivity contribution in [3.63, 3.8) is 0 Å². The lowest BCUT2D eigenvalue weighted by Crippen LogP contribution is -2.61. The molecule has 4 nitrogen and oxygen atoms in total. The predicted octanol–water partition coefficient (Wildman–Crippen LogP) is -0.105. The number of carboxylic acid groups (broad SMARTS) is 1. The molecule has 0 aliphatic rings. The van der Waals surface area contributed by atoms with Crippen LogP contribution in [0.25, 0.3) is 0 Å². The number of nitrogens with zero attached hydrogens (tertiary/aromatic N) is 2. The maximum Gasteiger partial charge on any atom is 0.142 e. The average molecular weight is 198 g/mol. The highest BCUT2D eigenvalue weighted by molar-refractivity contribution is 5.70. The lowest BCUT2D eigenvalue weighted by Gasteiger charge is -2.42. The van der Waals surface area contributed by atoms with E-state index in [0.717, 1.165) is 0 Å². The Morgan fingerprint density at radius 1 is 1.36 bits per heavy atom. The predicted molar refractivity (Wildman–Crippen MR) is 50.9 cm³/mol. The third-order valence-corrected chi connectivity index (χ3v) is 3.11. The number of rotatable bonds is 6. The maximum atomic E-state index is 10.9. The van der Waals surface area contributed by atoms with Crippen molar-refractivity contribution in [2.75, 3.05) is 19.6 Å². The molecule has 0 N–H and O–H groups in total. The number of hydrogen-bond acceptors (Lipinski definition) is 3. The van der Waals surface area contributed by atoms with Crippen molar-refractivity contribution in [3.05, 3.63) is 0 Å². The van der Waals surface area contributed by atoms with Crippen molar-refractivity contribution in [1.29, 1.82) is 5.26 Å². The molecule has 0 aliphatic carbocycles. The third-order valence-electron chi connectivity index (χ3n) is 3.11. The summed E-state index contributed by atoms with van der Waals surface area (Å²) < 4.78 is 0.426. The van der Waals surface area contributed by atoms with Gasteiger partial charge in [-0.25, -0.2) is 0 Å². The van der Waals surface area contributed by atoms with Gasteiger partial charge in [0.2, 0.25) is 0 Å². The Labute approximate surface area is 85.3 Å². The monoisotopic (exact) mass is 198 g/mol. The van der Waals surface area contributed by atoms with Crippen molar-refractivity contribution in [2.24, 2.45) is 0 Å². The first-order valence-corrected chi connectivity index (χ1v) is 5.01. The van der Waals surface area contributed by atoms with E-state index in [0.29, 0.717) is 24.1 Å². The first-order valence-electron chi connectivity index (χ1n) is 5.01. The Hall–Kier alpha value is -1.08. The molecule has 0 radical (unpaired) electrons. The van der Waals surface area contributed by atoms with Crippen LogP contribution in [0.1, 0.15) is 27.2 Å². The van der Waals surface area contributed by atoms with Gasteiger partial charge in [0.15, 0.2) is 0 Å². The molecule has 1 unspecified atom stereocenters. The summed E-state index contributed by atoms with van der Waals surface area (Å²) in [7, 11) is 0. The van der Waals surface area contributed by atoms with Crippen molar-refractivity contribution in [3.8, 4) is 6.07 Å². The van der Waals surface area contributed by atoms with Crippen LogP contribution in [0, 0.1) is 11.3 Å². The second-order valence-electron chi connectivity index (χ2n) is 3.36. The van der Waals surface area contributed by atoms with Gasteiger partial charge in [-0.3, -0.25) is 0 Å². The van der Waals surface area contributed by atoms with E-state index in [1.54, 1.807) is 0 Å². The molecule has 0 aromatic carbocycles. The van der Waals surface area contributed by atoms with Gasteiger partial charge in [-0.2, -0.15) is 5.26 Å². The van der Waals surface area contributed by atoms with Gasteiger partial charge >= 0.3 is 0 Å². The first-order chi connectivity index (χ1) is 6.57. The number of nitriles is 1. The van der Waals surface area contributed by atoms with E-state index < -0.39 is 12.0 Å². The molecule has 80 valence electrons. The van der Waals surface area contributed by atoms with E-state index in [2.05, 4.69) is 0 Å². The molecule has 0 bridgehead atoms. The van der Waals surface area contributed by atoms with E-state index in [-0.39, 0.29) is 6.42 Å². The smallest absolute Gasteiger partial charge is 0.142 e. The number of carboxylic acids is 1. The molecule has 0 amide bonds. The van der Waals surface area contributed by atoms with E-state index in [1.165, 1.54) is 0 Å². The summed E-state index contributed by atoms with van der Waals surface area (Å²) in [5, 5.41) is 19.5. The molecule has 0 aromatic rings. The van der Waals surface area contributed by atoms with Crippen LogP contribution in [0.2, 0.25) is 0 Å². The zero-order valence-corrected chi connectivity index (χ0v) is 9.12. The Kier molecular flexibility index (Phi) is 5.18. The number of aliphatic carboxylic acids is 1. The van der Waals surface area contributed by atoms with Crippen molar-refractivity contribution >= 4 is 5.97 Å². The number of carbonyl (C=O) groups is 1. The van der Waals surface area contributed by atoms with Gasteiger partial charge in [0.05, 0.1) is 32.1 Å². The Morgan fingerprint density at radius 2 is 1.79 bits per heavy atom. The summed E-state index contributed by atoms with van der Waals surface area (Å²) in [6, 6.07) is 1.23. The standard InChI is InChI=1S/C10H18N2O2/c1-4-12(5-2,6-3)9(7-8-11)10(13)14/h9H,4-7H2,1-3H3. The fourth-order valence-electron chi connectivity index (χ4n) is 1.92. The largest absolute Gasteiger partial charge is 0.544 e. The minimum Gasteiger partial charge on any atom is -0.544 e. The summed E-state index contributed by atoms with van der Waals surface area (Å²) in [6.45, 7) is 7.98. The second-order valence-corrected chi connectivity index (χ2v) is 3.36. The molecule has 0 fully saturated rings. The topological polar surface area (TPSA) is 63.9 Å². The highest BCUT2D eigenvalue weighted by Gasteiger charge is 2.33. The van der Waals surface area contributed by atoms with Gasteiger partial charge in [-0.05, 0) is 20.8 Å². The summed E-state index contributed by atoms with van der Waals surface area (Å²) >= 11 is 0. The molecule has 0 aliphatic heterocycles. The number of quaternary nitrogens is 1. The molecule has 4 heteroatoms. The van der Waals surface area contributed by atoms with Crippen LogP contribution in [0.15, 0.2) is 0 Å². The molecule has 0 aromatic heterocycles. The molecule has 0 heterocycles. The van der Waals surface area contributed by atoms with Gasteiger partial charge in [0.1, 0.15) is 12.0 Å². The fourth-order valence-corrected chi connectivity index (χ4v) is 1.92. The maximum absolute atomic E-state index is 10.9. The number of hydrogen-bond donors (Lipinski definition) is 0. The molecule has 0 saturated heterocycles. The number of likely N-dealkylation sites (N-methyl/N-ethyl adjacent to an activating group) is 1. The lowest BCUT2D eigenvalue weighted by molar-refractivity contribution is -0.940. The zero-order chi connectivity index (χ0) is 11.2. The zero-order valence-electron chi connectivity index (χ0n) is 9.12. The fraction of sp³-hybridized carbons (Fsp3) is 0.800. The molecule has 0 rings (SSSR count). The molecule has 14 heavy (non-hydrogen) atoms. The first kappa shape index (κ1) is 12.9. The Balaban J connectivity index is 4.91. The van der Waals surface area contributed by atoms with Crippen LogP contribution in [0.3, 0.4) is 0 Å².